The SMILES string of the molecule is O=C(CCC(=O)c1ccccc1)NCc1cc(Br)cs1. The van der Waals surface area contributed by atoms with Gasteiger partial charge in [-0.2, -0.15) is 0 Å². The Hall–Kier alpha value is -1.46. The molecule has 1 aromatic carbocycles. The highest BCUT2D eigenvalue weighted by Crippen LogP contribution is 2.19. The molecule has 2 rings (SSSR count). The van der Waals surface area contributed by atoms with E-state index in [1.807, 2.05) is 29.6 Å². The van der Waals surface area contributed by atoms with Crippen molar-refractivity contribution in [3.8, 4) is 0 Å². The number of halogens is 1. The summed E-state index contributed by atoms with van der Waals surface area (Å²) in [4.78, 5) is 24.6. The standard InChI is InChI=1S/C15H14BrNO2S/c16-12-8-13(20-10-12)9-17-15(19)7-6-14(18)11-4-2-1-3-5-11/h1-5,8,10H,6-7,9H2,(H,17,19). The Morgan fingerprint density at radius 3 is 2.55 bits per heavy atom. The average Bonchev–Trinajstić information content (AvgIpc) is 2.89. The largest absolute Gasteiger partial charge is 0.351 e. The quantitative estimate of drug-likeness (QED) is 0.804. The van der Waals surface area contributed by atoms with Crippen LogP contribution in [-0.2, 0) is 11.3 Å². The molecule has 0 saturated carbocycles. The van der Waals surface area contributed by atoms with Crippen molar-refractivity contribution in [2.24, 2.45) is 0 Å². The minimum Gasteiger partial charge on any atom is -0.351 e. The van der Waals surface area contributed by atoms with Crippen LogP contribution >= 0.6 is 27.3 Å². The van der Waals surface area contributed by atoms with E-state index in [0.29, 0.717) is 12.1 Å². The molecular weight excluding hydrogens is 338 g/mol. The zero-order valence-electron chi connectivity index (χ0n) is 10.8. The third-order valence-corrected chi connectivity index (χ3v) is 4.45. The summed E-state index contributed by atoms with van der Waals surface area (Å²) in [5.41, 5.74) is 0.655. The van der Waals surface area contributed by atoms with Crippen LogP contribution in [0, 0.1) is 0 Å². The number of Topliss-reactive ketones (excluding diaryl/α,β-unsaturated/α-hetero) is 1. The van der Waals surface area contributed by atoms with Crippen LogP contribution in [0.25, 0.3) is 0 Å². The van der Waals surface area contributed by atoms with Gasteiger partial charge in [0.25, 0.3) is 0 Å². The highest BCUT2D eigenvalue weighted by molar-refractivity contribution is 9.10. The summed E-state index contributed by atoms with van der Waals surface area (Å²) in [6.45, 7) is 0.509. The summed E-state index contributed by atoms with van der Waals surface area (Å²) in [6, 6.07) is 11.0. The molecule has 0 radical (unpaired) electrons. The third-order valence-electron chi connectivity index (χ3n) is 2.76. The summed E-state index contributed by atoms with van der Waals surface area (Å²) < 4.78 is 1.02. The molecule has 1 amide bonds. The minimum atomic E-state index is -0.0983. The van der Waals surface area contributed by atoms with Gasteiger partial charge in [-0.1, -0.05) is 30.3 Å². The molecule has 0 aliphatic carbocycles. The van der Waals surface area contributed by atoms with E-state index in [-0.39, 0.29) is 24.5 Å². The number of hydrogen-bond acceptors (Lipinski definition) is 3. The summed E-state index contributed by atoms with van der Waals surface area (Å²) in [6.07, 6.45) is 0.463. The van der Waals surface area contributed by atoms with Crippen LogP contribution in [0.1, 0.15) is 28.1 Å². The Balaban J connectivity index is 1.74. The number of amides is 1. The molecule has 0 saturated heterocycles. The van der Waals surface area contributed by atoms with Gasteiger partial charge in [0.2, 0.25) is 5.91 Å². The number of thiophene rings is 1. The number of ketones is 1. The van der Waals surface area contributed by atoms with E-state index >= 15 is 0 Å². The number of carbonyl (C=O) groups is 2. The number of benzene rings is 1. The molecule has 1 aromatic heterocycles. The van der Waals surface area contributed by atoms with Crippen LogP contribution < -0.4 is 5.32 Å². The molecule has 3 nitrogen and oxygen atoms in total. The zero-order valence-corrected chi connectivity index (χ0v) is 13.2. The van der Waals surface area contributed by atoms with E-state index < -0.39 is 0 Å². The molecule has 0 bridgehead atoms. The van der Waals surface area contributed by atoms with E-state index in [1.165, 1.54) is 0 Å². The van der Waals surface area contributed by atoms with Gasteiger partial charge in [0.1, 0.15) is 0 Å². The normalized spacial score (nSPS) is 10.2. The highest BCUT2D eigenvalue weighted by atomic mass is 79.9. The molecule has 0 aliphatic rings. The highest BCUT2D eigenvalue weighted by Gasteiger charge is 2.09. The smallest absolute Gasteiger partial charge is 0.220 e. The minimum absolute atomic E-state index is 0.000354. The number of hydrogen-bond donors (Lipinski definition) is 1. The monoisotopic (exact) mass is 351 g/mol. The number of carbonyl (C=O) groups excluding carboxylic acids is 2. The van der Waals surface area contributed by atoms with Gasteiger partial charge in [0, 0.05) is 33.1 Å². The molecule has 0 unspecified atom stereocenters. The number of rotatable bonds is 6. The first-order chi connectivity index (χ1) is 9.65. The topological polar surface area (TPSA) is 46.2 Å². The summed E-state index contributed by atoms with van der Waals surface area (Å²) >= 11 is 4.95. The summed E-state index contributed by atoms with van der Waals surface area (Å²) in [5.74, 6) is -0.0987. The van der Waals surface area contributed by atoms with Crippen molar-refractivity contribution in [3.63, 3.8) is 0 Å². The van der Waals surface area contributed by atoms with Crippen molar-refractivity contribution in [1.82, 2.24) is 5.32 Å². The van der Waals surface area contributed by atoms with Gasteiger partial charge in [0.15, 0.2) is 5.78 Å². The Morgan fingerprint density at radius 2 is 1.90 bits per heavy atom. The van der Waals surface area contributed by atoms with Gasteiger partial charge < -0.3 is 5.32 Å². The number of nitrogens with one attached hydrogen (secondary N) is 1. The van der Waals surface area contributed by atoms with Crippen LogP contribution in [-0.4, -0.2) is 11.7 Å². The van der Waals surface area contributed by atoms with Crippen molar-refractivity contribution in [1.29, 1.82) is 0 Å². The molecule has 0 aliphatic heterocycles. The van der Waals surface area contributed by atoms with Crippen LogP contribution in [0.3, 0.4) is 0 Å². The van der Waals surface area contributed by atoms with Crippen LogP contribution in [0.2, 0.25) is 0 Å². The fraction of sp³-hybridized carbons (Fsp3) is 0.200. The van der Waals surface area contributed by atoms with Crippen LogP contribution in [0.4, 0.5) is 0 Å². The van der Waals surface area contributed by atoms with Gasteiger partial charge in [-0.25, -0.2) is 0 Å². The maximum absolute atomic E-state index is 11.8. The van der Waals surface area contributed by atoms with E-state index in [9.17, 15) is 9.59 Å². The van der Waals surface area contributed by atoms with Gasteiger partial charge in [-0.3, -0.25) is 9.59 Å². The van der Waals surface area contributed by atoms with Gasteiger partial charge in [-0.15, -0.1) is 11.3 Å². The summed E-state index contributed by atoms with van der Waals surface area (Å²) in [7, 11) is 0. The van der Waals surface area contributed by atoms with Crippen molar-refractivity contribution >= 4 is 39.0 Å². The molecule has 20 heavy (non-hydrogen) atoms. The van der Waals surface area contributed by atoms with Gasteiger partial charge in [-0.05, 0) is 22.0 Å². The molecule has 2 aromatic rings. The van der Waals surface area contributed by atoms with Gasteiger partial charge in [0.05, 0.1) is 6.54 Å². The maximum Gasteiger partial charge on any atom is 0.220 e. The Bertz CT molecular complexity index is 595. The molecule has 0 atom stereocenters. The molecule has 0 spiro atoms. The van der Waals surface area contributed by atoms with E-state index in [4.69, 9.17) is 0 Å². The molecule has 5 heteroatoms. The lowest BCUT2D eigenvalue weighted by Gasteiger charge is -2.03. The Labute approximate surface area is 130 Å². The molecular formula is C15H14BrNO2S. The first kappa shape index (κ1) is 14.9. The lowest BCUT2D eigenvalue weighted by molar-refractivity contribution is -0.121. The fourth-order valence-corrected chi connectivity index (χ4v) is 3.11. The fourth-order valence-electron chi connectivity index (χ4n) is 1.72. The predicted molar refractivity (Wildman–Crippen MR) is 83.9 cm³/mol. The molecule has 0 fully saturated rings. The van der Waals surface area contributed by atoms with Crippen molar-refractivity contribution in [3.05, 3.63) is 56.7 Å². The first-order valence-corrected chi connectivity index (χ1v) is 7.90. The van der Waals surface area contributed by atoms with Crippen molar-refractivity contribution < 1.29 is 9.59 Å². The molecule has 1 heterocycles. The van der Waals surface area contributed by atoms with E-state index in [0.717, 1.165) is 9.35 Å². The van der Waals surface area contributed by atoms with Gasteiger partial charge >= 0.3 is 0 Å². The van der Waals surface area contributed by atoms with E-state index in [1.54, 1.807) is 23.5 Å². The second-order valence-corrected chi connectivity index (χ2v) is 6.21. The molecule has 1 N–H and O–H groups in total. The Kier molecular flexibility index (Phi) is 5.49. The second-order valence-electron chi connectivity index (χ2n) is 4.30. The maximum atomic E-state index is 11.8. The lowest BCUT2D eigenvalue weighted by atomic mass is 10.1. The van der Waals surface area contributed by atoms with Crippen molar-refractivity contribution in [2.75, 3.05) is 0 Å². The summed E-state index contributed by atoms with van der Waals surface area (Å²) in [5, 5.41) is 4.79. The predicted octanol–water partition coefficient (Wildman–Crippen LogP) is 3.79. The lowest BCUT2D eigenvalue weighted by Crippen LogP contribution is -2.22. The average molecular weight is 352 g/mol. The van der Waals surface area contributed by atoms with Crippen molar-refractivity contribution in [2.45, 2.75) is 19.4 Å². The van der Waals surface area contributed by atoms with Crippen LogP contribution in [0.15, 0.2) is 46.3 Å². The van der Waals surface area contributed by atoms with Crippen LogP contribution in [0.5, 0.6) is 0 Å². The Morgan fingerprint density at radius 1 is 1.15 bits per heavy atom. The second kappa shape index (κ2) is 7.36. The first-order valence-electron chi connectivity index (χ1n) is 6.23. The molecule has 104 valence electrons. The zero-order chi connectivity index (χ0) is 14.4. The van der Waals surface area contributed by atoms with E-state index in [2.05, 4.69) is 21.2 Å². The third kappa shape index (κ3) is 4.58.